The van der Waals surface area contributed by atoms with Crippen LogP contribution in [0.2, 0.25) is 0 Å². The number of H-pyrrole nitrogens is 1. The van der Waals surface area contributed by atoms with Gasteiger partial charge in [-0.2, -0.15) is 0 Å². The zero-order valence-corrected chi connectivity index (χ0v) is 9.97. The van der Waals surface area contributed by atoms with Crippen LogP contribution in [-0.4, -0.2) is 24.7 Å². The zero-order valence-electron chi connectivity index (χ0n) is 9.15. The van der Waals surface area contributed by atoms with Crippen molar-refractivity contribution in [3.63, 3.8) is 0 Å². The van der Waals surface area contributed by atoms with Gasteiger partial charge in [0.25, 0.3) is 0 Å². The molecule has 9 nitrogen and oxygen atoms in total. The first-order valence-corrected chi connectivity index (χ1v) is 5.51. The Kier molecular flexibility index (Phi) is 3.02. The molecule has 0 fully saturated rings. The lowest BCUT2D eigenvalue weighted by molar-refractivity contribution is -0.384. The van der Waals surface area contributed by atoms with Gasteiger partial charge in [-0.15, -0.1) is 5.10 Å². The molecule has 0 aromatic carbocycles. The van der Waals surface area contributed by atoms with Crippen molar-refractivity contribution in [1.82, 2.24) is 19.7 Å². The lowest BCUT2D eigenvalue weighted by Gasteiger charge is -2.01. The third-order valence-electron chi connectivity index (χ3n) is 2.11. The summed E-state index contributed by atoms with van der Waals surface area (Å²) in [6, 6.07) is 2.70. The molecule has 0 aliphatic carbocycles. The summed E-state index contributed by atoms with van der Waals surface area (Å²) in [5.41, 5.74) is 4.85. The Bertz CT molecular complexity index is 663. The van der Waals surface area contributed by atoms with E-state index in [1.807, 2.05) is 0 Å². The Morgan fingerprint density at radius 1 is 1.56 bits per heavy atom. The molecule has 0 atom stereocenters. The third kappa shape index (κ3) is 2.18. The van der Waals surface area contributed by atoms with Crippen LogP contribution in [-0.2, 0) is 7.05 Å². The maximum absolute atomic E-state index is 11.1. The highest BCUT2D eigenvalue weighted by atomic mass is 32.2. The number of anilines is 1. The van der Waals surface area contributed by atoms with Gasteiger partial charge in [0.05, 0.1) is 4.92 Å². The average molecular weight is 268 g/mol. The van der Waals surface area contributed by atoms with Crippen LogP contribution in [0.1, 0.15) is 0 Å². The number of aromatic nitrogens is 4. The topological polar surface area (TPSA) is 133 Å². The molecular weight excluding hydrogens is 260 g/mol. The third-order valence-corrected chi connectivity index (χ3v) is 3.09. The number of hydrogen-bond acceptors (Lipinski definition) is 7. The van der Waals surface area contributed by atoms with Gasteiger partial charge in [0.1, 0.15) is 5.03 Å². The smallest absolute Gasteiger partial charge is 0.343 e. The summed E-state index contributed by atoms with van der Waals surface area (Å²) in [6.45, 7) is 0. The highest BCUT2D eigenvalue weighted by molar-refractivity contribution is 7.99. The van der Waals surface area contributed by atoms with E-state index in [9.17, 15) is 14.9 Å². The molecule has 2 aromatic rings. The monoisotopic (exact) mass is 268 g/mol. The van der Waals surface area contributed by atoms with Gasteiger partial charge >= 0.3 is 11.4 Å². The van der Waals surface area contributed by atoms with Crippen LogP contribution < -0.4 is 11.4 Å². The first-order valence-electron chi connectivity index (χ1n) is 4.69. The summed E-state index contributed by atoms with van der Waals surface area (Å²) in [5.74, 6) is -0.175. The molecule has 0 bridgehead atoms. The second kappa shape index (κ2) is 4.49. The minimum Gasteiger partial charge on any atom is -0.378 e. The van der Waals surface area contributed by atoms with Crippen LogP contribution in [0.5, 0.6) is 0 Å². The van der Waals surface area contributed by atoms with Gasteiger partial charge in [0.15, 0.2) is 5.16 Å². The molecule has 0 aliphatic rings. The molecule has 2 heterocycles. The minimum absolute atomic E-state index is 0.175. The summed E-state index contributed by atoms with van der Waals surface area (Å²) >= 11 is 1.08. The van der Waals surface area contributed by atoms with E-state index < -0.39 is 4.92 Å². The number of nitrogens with two attached hydrogens (primary N) is 1. The highest BCUT2D eigenvalue weighted by Crippen LogP contribution is 2.27. The number of nitrogens with zero attached hydrogens (tertiary/aromatic N) is 4. The lowest BCUT2D eigenvalue weighted by atomic mass is 10.4. The van der Waals surface area contributed by atoms with Gasteiger partial charge in [-0.25, -0.2) is 14.9 Å². The van der Waals surface area contributed by atoms with Crippen molar-refractivity contribution in [3.8, 4) is 0 Å². The lowest BCUT2D eigenvalue weighted by Crippen LogP contribution is -2.12. The van der Waals surface area contributed by atoms with Gasteiger partial charge in [0.2, 0.25) is 5.82 Å². The fraction of sp³-hybridized carbons (Fsp3) is 0.125. The predicted octanol–water partition coefficient (Wildman–Crippen LogP) is 0.145. The van der Waals surface area contributed by atoms with Gasteiger partial charge in [-0.05, 0) is 17.8 Å². The molecule has 0 saturated carbocycles. The van der Waals surface area contributed by atoms with Crippen molar-refractivity contribution in [2.45, 2.75) is 10.2 Å². The quantitative estimate of drug-likeness (QED) is 0.597. The standard InChI is InChI=1S/C8H8N6O3S/c1-13-7(15)11-12-8(13)18-5-3-2-4(14(16)17)6(9)10-5/h2-3H,1H3,(H2,9,10)(H,11,15). The molecule has 10 heteroatoms. The summed E-state index contributed by atoms with van der Waals surface area (Å²) in [7, 11) is 1.54. The van der Waals surface area contributed by atoms with Crippen molar-refractivity contribution < 1.29 is 4.92 Å². The first kappa shape index (κ1) is 12.1. The van der Waals surface area contributed by atoms with E-state index in [-0.39, 0.29) is 17.2 Å². The summed E-state index contributed by atoms with van der Waals surface area (Å²) in [5, 5.41) is 17.4. The van der Waals surface area contributed by atoms with Gasteiger partial charge in [-0.1, -0.05) is 0 Å². The number of hydrogen-bond donors (Lipinski definition) is 2. The molecule has 0 saturated heterocycles. The van der Waals surface area contributed by atoms with Crippen LogP contribution >= 0.6 is 11.8 Å². The number of nitro groups is 1. The van der Waals surface area contributed by atoms with E-state index >= 15 is 0 Å². The largest absolute Gasteiger partial charge is 0.378 e. The maximum Gasteiger partial charge on any atom is 0.343 e. The zero-order chi connectivity index (χ0) is 13.3. The molecule has 0 amide bonds. The SMILES string of the molecule is Cn1c(Sc2ccc([N+](=O)[O-])c(N)n2)n[nH]c1=O. The molecule has 2 aromatic heterocycles. The Morgan fingerprint density at radius 3 is 2.78 bits per heavy atom. The Morgan fingerprint density at radius 2 is 2.28 bits per heavy atom. The van der Waals surface area contributed by atoms with Crippen molar-refractivity contribution in [3.05, 3.63) is 32.7 Å². The van der Waals surface area contributed by atoms with Gasteiger partial charge in [-0.3, -0.25) is 14.7 Å². The van der Waals surface area contributed by atoms with Crippen molar-refractivity contribution >= 4 is 23.3 Å². The van der Waals surface area contributed by atoms with Crippen LogP contribution in [0.25, 0.3) is 0 Å². The Labute approximate surface area is 104 Å². The first-order chi connectivity index (χ1) is 8.49. The summed E-state index contributed by atoms with van der Waals surface area (Å²) in [4.78, 5) is 25.0. The van der Waals surface area contributed by atoms with Crippen molar-refractivity contribution in [2.75, 3.05) is 5.73 Å². The fourth-order valence-electron chi connectivity index (χ4n) is 1.18. The maximum atomic E-state index is 11.1. The molecule has 3 N–H and O–H groups in total. The van der Waals surface area contributed by atoms with E-state index in [2.05, 4.69) is 15.2 Å². The van der Waals surface area contributed by atoms with Crippen LogP contribution in [0.15, 0.2) is 27.1 Å². The molecule has 0 spiro atoms. The summed E-state index contributed by atoms with van der Waals surface area (Å²) in [6.07, 6.45) is 0. The number of rotatable bonds is 3. The second-order valence-corrected chi connectivity index (χ2v) is 4.27. The van der Waals surface area contributed by atoms with Crippen molar-refractivity contribution in [2.24, 2.45) is 7.05 Å². The van der Waals surface area contributed by atoms with E-state index in [4.69, 9.17) is 5.73 Å². The molecule has 18 heavy (non-hydrogen) atoms. The average Bonchev–Trinajstić information content (AvgIpc) is 2.61. The fourth-order valence-corrected chi connectivity index (χ4v) is 1.96. The van der Waals surface area contributed by atoms with Crippen LogP contribution in [0.3, 0.4) is 0 Å². The number of nitrogen functional groups attached to an aromatic ring is 1. The molecule has 0 aliphatic heterocycles. The number of pyridine rings is 1. The number of nitrogens with one attached hydrogen (secondary N) is 1. The molecule has 94 valence electrons. The molecule has 0 unspecified atom stereocenters. The molecular formula is C8H8N6O3S. The highest BCUT2D eigenvalue weighted by Gasteiger charge is 2.14. The van der Waals surface area contributed by atoms with E-state index in [1.165, 1.54) is 16.7 Å². The van der Waals surface area contributed by atoms with Crippen LogP contribution in [0.4, 0.5) is 11.5 Å². The molecule has 2 rings (SSSR count). The van der Waals surface area contributed by atoms with Crippen LogP contribution in [0, 0.1) is 10.1 Å². The predicted molar refractivity (Wildman–Crippen MR) is 63.3 cm³/mol. The molecule has 0 radical (unpaired) electrons. The Hall–Kier alpha value is -2.36. The van der Waals surface area contributed by atoms with E-state index in [0.29, 0.717) is 10.2 Å². The van der Waals surface area contributed by atoms with Gasteiger partial charge in [0, 0.05) is 13.1 Å². The minimum atomic E-state index is -0.610. The summed E-state index contributed by atoms with van der Waals surface area (Å²) < 4.78 is 1.30. The van der Waals surface area contributed by atoms with Gasteiger partial charge < -0.3 is 5.73 Å². The Balaban J connectivity index is 2.31. The normalized spacial score (nSPS) is 10.5. The second-order valence-electron chi connectivity index (χ2n) is 3.28. The van der Waals surface area contributed by atoms with E-state index in [1.54, 1.807) is 7.05 Å². The van der Waals surface area contributed by atoms with E-state index in [0.717, 1.165) is 11.8 Å². The van der Waals surface area contributed by atoms with Crippen molar-refractivity contribution in [1.29, 1.82) is 0 Å². The number of aromatic amines is 1.